The molecule has 0 aromatic heterocycles. The van der Waals surface area contributed by atoms with Crippen LogP contribution in [0.15, 0.2) is 21.5 Å². The van der Waals surface area contributed by atoms with E-state index in [2.05, 4.69) is 20.7 Å². The SMILES string of the molecule is Nc1c(Br)cc(OC(F)(F)F)cc1SC(F)(F)F. The Labute approximate surface area is 110 Å². The predicted octanol–water partition coefficient (Wildman–Crippen LogP) is 4.54. The molecule has 102 valence electrons. The summed E-state index contributed by atoms with van der Waals surface area (Å²) in [5, 5.41) is 0. The molecule has 2 nitrogen and oxygen atoms in total. The largest absolute Gasteiger partial charge is 0.573 e. The van der Waals surface area contributed by atoms with E-state index < -0.39 is 34.3 Å². The molecule has 0 aliphatic heterocycles. The second kappa shape index (κ2) is 5.08. The van der Waals surface area contributed by atoms with Crippen LogP contribution in [0, 0.1) is 0 Å². The van der Waals surface area contributed by atoms with Gasteiger partial charge in [-0.1, -0.05) is 0 Å². The molecule has 10 heteroatoms. The molecule has 0 unspecified atom stereocenters. The number of rotatable bonds is 2. The Morgan fingerprint density at radius 2 is 1.67 bits per heavy atom. The normalized spacial score (nSPS) is 12.6. The fourth-order valence-electron chi connectivity index (χ4n) is 0.971. The summed E-state index contributed by atoms with van der Waals surface area (Å²) >= 11 is 2.14. The minimum Gasteiger partial charge on any atom is -0.406 e. The molecule has 0 heterocycles. The molecule has 0 amide bonds. The number of thioether (sulfide) groups is 1. The van der Waals surface area contributed by atoms with Gasteiger partial charge in [-0.2, -0.15) is 13.2 Å². The first-order chi connectivity index (χ1) is 7.98. The maximum absolute atomic E-state index is 12.2. The Balaban J connectivity index is 3.11. The van der Waals surface area contributed by atoms with Gasteiger partial charge in [0.25, 0.3) is 0 Å². The number of benzene rings is 1. The van der Waals surface area contributed by atoms with Crippen LogP contribution in [0.25, 0.3) is 0 Å². The Morgan fingerprint density at radius 3 is 2.11 bits per heavy atom. The van der Waals surface area contributed by atoms with Gasteiger partial charge in [0.05, 0.1) is 5.69 Å². The molecule has 0 aliphatic carbocycles. The highest BCUT2D eigenvalue weighted by atomic mass is 79.9. The van der Waals surface area contributed by atoms with E-state index in [1.165, 1.54) is 0 Å². The van der Waals surface area contributed by atoms with Crippen LogP contribution >= 0.6 is 27.7 Å². The van der Waals surface area contributed by atoms with Gasteiger partial charge in [-0.3, -0.25) is 0 Å². The maximum atomic E-state index is 12.2. The second-order valence-corrected chi connectivity index (χ2v) is 4.87. The smallest absolute Gasteiger partial charge is 0.406 e. The number of nitrogens with two attached hydrogens (primary N) is 1. The fraction of sp³-hybridized carbons (Fsp3) is 0.250. The Hall–Kier alpha value is -0.770. The quantitative estimate of drug-likeness (QED) is 0.480. The standard InChI is InChI=1S/C8H4BrF6NOS/c9-4-1-3(17-7(10,11)12)2-5(6(4)16)18-8(13,14)15/h1-2H,16H2. The Morgan fingerprint density at radius 1 is 1.11 bits per heavy atom. The minimum absolute atomic E-state index is 0.115. The van der Waals surface area contributed by atoms with Crippen LogP contribution in [0.2, 0.25) is 0 Å². The number of anilines is 1. The summed E-state index contributed by atoms with van der Waals surface area (Å²) in [4.78, 5) is -0.573. The van der Waals surface area contributed by atoms with E-state index in [-0.39, 0.29) is 10.2 Å². The summed E-state index contributed by atoms with van der Waals surface area (Å²) in [6.07, 6.45) is -4.99. The lowest BCUT2D eigenvalue weighted by Gasteiger charge is -2.14. The molecule has 0 aliphatic rings. The first-order valence-corrected chi connectivity index (χ1v) is 5.69. The minimum atomic E-state index is -4.99. The molecule has 0 fully saturated rings. The first-order valence-electron chi connectivity index (χ1n) is 4.08. The molecule has 0 radical (unpaired) electrons. The third kappa shape index (κ3) is 4.84. The zero-order valence-corrected chi connectivity index (χ0v) is 10.6. The number of halogens is 7. The van der Waals surface area contributed by atoms with Crippen LogP contribution in [0.5, 0.6) is 5.75 Å². The van der Waals surface area contributed by atoms with Crippen molar-refractivity contribution in [2.24, 2.45) is 0 Å². The molecule has 0 spiro atoms. The highest BCUT2D eigenvalue weighted by molar-refractivity contribution is 9.10. The van der Waals surface area contributed by atoms with E-state index in [0.29, 0.717) is 6.07 Å². The number of ether oxygens (including phenoxy) is 1. The summed E-state index contributed by atoms with van der Waals surface area (Å²) in [5.41, 5.74) is 0.343. The maximum Gasteiger partial charge on any atom is 0.573 e. The van der Waals surface area contributed by atoms with Gasteiger partial charge >= 0.3 is 11.9 Å². The van der Waals surface area contributed by atoms with Crippen LogP contribution in [0.3, 0.4) is 0 Å². The first kappa shape index (κ1) is 15.3. The molecule has 18 heavy (non-hydrogen) atoms. The molecule has 1 rings (SSSR count). The van der Waals surface area contributed by atoms with Crippen LogP contribution in [-0.2, 0) is 0 Å². The van der Waals surface area contributed by atoms with Gasteiger partial charge in [0, 0.05) is 9.37 Å². The number of alkyl halides is 6. The van der Waals surface area contributed by atoms with E-state index in [1.54, 1.807) is 0 Å². The lowest BCUT2D eigenvalue weighted by atomic mass is 10.3. The van der Waals surface area contributed by atoms with Crippen molar-refractivity contribution in [2.75, 3.05) is 5.73 Å². The summed E-state index contributed by atoms with van der Waals surface area (Å²) in [6.45, 7) is 0. The van der Waals surface area contributed by atoms with Crippen molar-refractivity contribution in [1.29, 1.82) is 0 Å². The van der Waals surface area contributed by atoms with Gasteiger partial charge in [0.15, 0.2) is 0 Å². The van der Waals surface area contributed by atoms with Gasteiger partial charge in [-0.25, -0.2) is 0 Å². The molecule has 0 bridgehead atoms. The third-order valence-corrected chi connectivity index (χ3v) is 2.97. The van der Waals surface area contributed by atoms with Crippen molar-refractivity contribution in [2.45, 2.75) is 16.8 Å². The lowest BCUT2D eigenvalue weighted by Crippen LogP contribution is -2.17. The molecular weight excluding hydrogens is 352 g/mol. The molecule has 0 saturated heterocycles. The Bertz CT molecular complexity index is 446. The highest BCUT2D eigenvalue weighted by Gasteiger charge is 2.34. The van der Waals surface area contributed by atoms with Crippen LogP contribution in [-0.4, -0.2) is 11.9 Å². The van der Waals surface area contributed by atoms with Crippen molar-refractivity contribution in [3.8, 4) is 5.75 Å². The van der Waals surface area contributed by atoms with Crippen molar-refractivity contribution in [3.05, 3.63) is 16.6 Å². The average Bonchev–Trinajstić information content (AvgIpc) is 2.08. The molecular formula is C8H4BrF6NOS. The van der Waals surface area contributed by atoms with E-state index in [0.717, 1.165) is 6.07 Å². The number of nitrogen functional groups attached to an aromatic ring is 1. The van der Waals surface area contributed by atoms with Crippen molar-refractivity contribution in [3.63, 3.8) is 0 Å². The van der Waals surface area contributed by atoms with E-state index in [1.807, 2.05) is 0 Å². The summed E-state index contributed by atoms with van der Waals surface area (Å²) in [5.74, 6) is -0.782. The fourth-order valence-corrected chi connectivity index (χ4v) is 2.19. The summed E-state index contributed by atoms with van der Waals surface area (Å²) in [7, 11) is 0. The molecule has 1 aromatic carbocycles. The van der Waals surface area contributed by atoms with Crippen LogP contribution in [0.4, 0.5) is 32.0 Å². The zero-order chi connectivity index (χ0) is 14.1. The van der Waals surface area contributed by atoms with Gasteiger partial charge in [-0.05, 0) is 39.8 Å². The highest BCUT2D eigenvalue weighted by Crippen LogP contribution is 2.44. The zero-order valence-electron chi connectivity index (χ0n) is 8.19. The topological polar surface area (TPSA) is 35.2 Å². The van der Waals surface area contributed by atoms with Crippen LogP contribution < -0.4 is 10.5 Å². The van der Waals surface area contributed by atoms with E-state index >= 15 is 0 Å². The average molecular weight is 356 g/mol. The molecule has 2 N–H and O–H groups in total. The lowest BCUT2D eigenvalue weighted by molar-refractivity contribution is -0.274. The predicted molar refractivity (Wildman–Crippen MR) is 57.1 cm³/mol. The van der Waals surface area contributed by atoms with Gasteiger partial charge in [0.1, 0.15) is 5.75 Å². The summed E-state index contributed by atoms with van der Waals surface area (Å²) in [6, 6.07) is 1.41. The third-order valence-electron chi connectivity index (χ3n) is 1.52. The number of hydrogen-bond acceptors (Lipinski definition) is 3. The van der Waals surface area contributed by atoms with Gasteiger partial charge < -0.3 is 10.5 Å². The number of hydrogen-bond donors (Lipinski definition) is 1. The van der Waals surface area contributed by atoms with Crippen molar-refractivity contribution in [1.82, 2.24) is 0 Å². The van der Waals surface area contributed by atoms with E-state index in [4.69, 9.17) is 5.73 Å². The monoisotopic (exact) mass is 355 g/mol. The second-order valence-electron chi connectivity index (χ2n) is 2.91. The molecule has 1 aromatic rings. The van der Waals surface area contributed by atoms with Gasteiger partial charge in [0.2, 0.25) is 0 Å². The molecule has 0 saturated carbocycles. The summed E-state index contributed by atoms with van der Waals surface area (Å²) < 4.78 is 75.7. The molecule has 0 atom stereocenters. The van der Waals surface area contributed by atoms with Crippen LogP contribution in [0.1, 0.15) is 0 Å². The van der Waals surface area contributed by atoms with Gasteiger partial charge in [-0.15, -0.1) is 13.2 Å². The van der Waals surface area contributed by atoms with Crippen molar-refractivity contribution >= 4 is 33.4 Å². The van der Waals surface area contributed by atoms with E-state index in [9.17, 15) is 26.3 Å². The van der Waals surface area contributed by atoms with Crippen molar-refractivity contribution < 1.29 is 31.1 Å². The Kier molecular flexibility index (Phi) is 4.31.